The topological polar surface area (TPSA) is 41.9 Å². The molecule has 2 atom stereocenters. The summed E-state index contributed by atoms with van der Waals surface area (Å²) in [5.74, 6) is 0.439. The Bertz CT molecular complexity index is 463. The van der Waals surface area contributed by atoms with Gasteiger partial charge in [0, 0.05) is 25.9 Å². The largest absolute Gasteiger partial charge is 0.392 e. The van der Waals surface area contributed by atoms with Crippen LogP contribution < -0.4 is 0 Å². The van der Waals surface area contributed by atoms with Crippen LogP contribution in [-0.2, 0) is 9.47 Å². The second-order valence-corrected chi connectivity index (χ2v) is 11.5. The van der Waals surface area contributed by atoms with Crippen molar-refractivity contribution in [1.29, 1.82) is 0 Å². The quantitative estimate of drug-likeness (QED) is 0.578. The van der Waals surface area contributed by atoms with Gasteiger partial charge in [-0.1, -0.05) is 48.0 Å². The van der Waals surface area contributed by atoms with Gasteiger partial charge in [0.25, 0.3) is 0 Å². The minimum absolute atomic E-state index is 0.199. The number of aliphatic hydroxyl groups excluding tert-OH is 1. The third-order valence-corrected chi connectivity index (χ3v) is 6.73. The molecule has 0 aromatic carbocycles. The molecule has 1 aliphatic heterocycles. The summed E-state index contributed by atoms with van der Waals surface area (Å²) in [7, 11) is 2.09. The van der Waals surface area contributed by atoms with Crippen molar-refractivity contribution in [2.24, 2.45) is 16.7 Å². The molecule has 2 unspecified atom stereocenters. The molecule has 2 aliphatic rings. The Morgan fingerprint density at radius 2 is 1.79 bits per heavy atom. The summed E-state index contributed by atoms with van der Waals surface area (Å²) in [6.07, 6.45) is 8.62. The number of nitrogens with zero attached hydrogens (tertiary/aromatic N) is 1. The van der Waals surface area contributed by atoms with E-state index in [1.807, 2.05) is 0 Å². The molecule has 166 valence electrons. The molecule has 1 aliphatic carbocycles. The van der Waals surface area contributed by atoms with Crippen LogP contribution in [0, 0.1) is 16.7 Å². The van der Waals surface area contributed by atoms with E-state index in [4.69, 9.17) is 9.47 Å². The van der Waals surface area contributed by atoms with Gasteiger partial charge < -0.3 is 19.5 Å². The summed E-state index contributed by atoms with van der Waals surface area (Å²) in [4.78, 5) is 2.22. The fourth-order valence-corrected chi connectivity index (χ4v) is 5.61. The van der Waals surface area contributed by atoms with Gasteiger partial charge in [-0.05, 0) is 55.9 Å². The van der Waals surface area contributed by atoms with E-state index in [-0.39, 0.29) is 18.0 Å². The van der Waals surface area contributed by atoms with Crippen molar-refractivity contribution in [3.63, 3.8) is 0 Å². The minimum atomic E-state index is -0.320. The molecule has 0 aromatic heterocycles. The summed E-state index contributed by atoms with van der Waals surface area (Å²) in [6, 6.07) is 0. The van der Waals surface area contributed by atoms with E-state index >= 15 is 0 Å². The monoisotopic (exact) mass is 397 g/mol. The fourth-order valence-electron chi connectivity index (χ4n) is 5.61. The molecule has 4 nitrogen and oxygen atoms in total. The lowest BCUT2D eigenvalue weighted by atomic mass is 9.64. The standard InChI is InChI=1S/C24H47NO3/c1-8-9-20(26)16-25(7)15-12-21-17-27-24(28-21)13-10-19(11-14-24)23(5,6)18-22(2,3)4/h19-21,26H,8-18H2,1-7H3. The van der Waals surface area contributed by atoms with Crippen molar-refractivity contribution < 1.29 is 14.6 Å². The molecule has 0 bridgehead atoms. The zero-order chi connectivity index (χ0) is 21.0. The van der Waals surface area contributed by atoms with Crippen LogP contribution in [0.5, 0.6) is 0 Å². The van der Waals surface area contributed by atoms with Crippen LogP contribution >= 0.6 is 0 Å². The number of ether oxygens (including phenoxy) is 2. The number of hydrogen-bond acceptors (Lipinski definition) is 4. The Balaban J connectivity index is 1.75. The van der Waals surface area contributed by atoms with Gasteiger partial charge in [0.2, 0.25) is 0 Å². The van der Waals surface area contributed by atoms with Gasteiger partial charge in [-0.15, -0.1) is 0 Å². The SMILES string of the molecule is CCCC(O)CN(C)CCC1COC2(CCC(C(C)(C)CC(C)(C)C)CC2)O1. The molecule has 4 heteroatoms. The van der Waals surface area contributed by atoms with Crippen LogP contribution in [0.25, 0.3) is 0 Å². The highest BCUT2D eigenvalue weighted by Gasteiger charge is 2.47. The van der Waals surface area contributed by atoms with Gasteiger partial charge in [-0.3, -0.25) is 0 Å². The van der Waals surface area contributed by atoms with Crippen LogP contribution in [0.2, 0.25) is 0 Å². The number of aliphatic hydroxyl groups is 1. The number of likely N-dealkylation sites (N-methyl/N-ethyl adjacent to an activating group) is 1. The second-order valence-electron chi connectivity index (χ2n) is 11.5. The average molecular weight is 398 g/mol. The van der Waals surface area contributed by atoms with E-state index in [9.17, 15) is 5.11 Å². The van der Waals surface area contributed by atoms with Gasteiger partial charge in [-0.2, -0.15) is 0 Å². The van der Waals surface area contributed by atoms with E-state index in [0.29, 0.717) is 10.8 Å². The second kappa shape index (κ2) is 9.76. The highest BCUT2D eigenvalue weighted by Crippen LogP contribution is 2.49. The molecule has 1 saturated heterocycles. The average Bonchev–Trinajstić information content (AvgIpc) is 2.94. The van der Waals surface area contributed by atoms with Gasteiger partial charge >= 0.3 is 0 Å². The Hall–Kier alpha value is -0.160. The highest BCUT2D eigenvalue weighted by molar-refractivity contribution is 4.91. The van der Waals surface area contributed by atoms with Crippen LogP contribution in [0.4, 0.5) is 0 Å². The third-order valence-electron chi connectivity index (χ3n) is 6.73. The molecule has 1 heterocycles. The number of rotatable bonds is 9. The lowest BCUT2D eigenvalue weighted by Gasteiger charge is -2.45. The number of hydrogen-bond donors (Lipinski definition) is 1. The molecule has 1 spiro atoms. The molecule has 1 saturated carbocycles. The minimum Gasteiger partial charge on any atom is -0.392 e. The smallest absolute Gasteiger partial charge is 0.168 e. The lowest BCUT2D eigenvalue weighted by molar-refractivity contribution is -0.198. The normalized spacial score (nSPS) is 30.3. The van der Waals surface area contributed by atoms with Crippen molar-refractivity contribution in [1.82, 2.24) is 4.90 Å². The summed E-state index contributed by atoms with van der Waals surface area (Å²) >= 11 is 0. The maximum absolute atomic E-state index is 9.97. The van der Waals surface area contributed by atoms with E-state index in [2.05, 4.69) is 53.5 Å². The van der Waals surface area contributed by atoms with E-state index in [0.717, 1.165) is 57.7 Å². The highest BCUT2D eigenvalue weighted by atomic mass is 16.7. The first-order valence-corrected chi connectivity index (χ1v) is 11.6. The van der Waals surface area contributed by atoms with Crippen molar-refractivity contribution in [2.45, 2.75) is 111 Å². The molecular weight excluding hydrogens is 350 g/mol. The van der Waals surface area contributed by atoms with Gasteiger partial charge in [0.05, 0.1) is 18.8 Å². The van der Waals surface area contributed by atoms with Crippen LogP contribution in [0.3, 0.4) is 0 Å². The molecule has 0 amide bonds. The molecule has 2 rings (SSSR count). The molecule has 1 N–H and O–H groups in total. The first-order valence-electron chi connectivity index (χ1n) is 11.6. The van der Waals surface area contributed by atoms with Crippen molar-refractivity contribution >= 4 is 0 Å². The van der Waals surface area contributed by atoms with Gasteiger partial charge in [0.1, 0.15) is 0 Å². The van der Waals surface area contributed by atoms with E-state index in [1.165, 1.54) is 19.3 Å². The maximum Gasteiger partial charge on any atom is 0.168 e. The first-order chi connectivity index (χ1) is 12.9. The summed E-state index contributed by atoms with van der Waals surface area (Å²) in [6.45, 7) is 16.5. The van der Waals surface area contributed by atoms with E-state index < -0.39 is 0 Å². The molecule has 2 fully saturated rings. The molecular formula is C24H47NO3. The van der Waals surface area contributed by atoms with Crippen LogP contribution in [0.15, 0.2) is 0 Å². The third kappa shape index (κ3) is 7.27. The predicted molar refractivity (Wildman–Crippen MR) is 116 cm³/mol. The zero-order valence-electron chi connectivity index (χ0n) is 19.7. The van der Waals surface area contributed by atoms with Gasteiger partial charge in [-0.25, -0.2) is 0 Å². The first kappa shape index (κ1) is 24.1. The Morgan fingerprint density at radius 1 is 1.14 bits per heavy atom. The van der Waals surface area contributed by atoms with Crippen molar-refractivity contribution in [2.75, 3.05) is 26.7 Å². The van der Waals surface area contributed by atoms with Gasteiger partial charge in [0.15, 0.2) is 5.79 Å². The van der Waals surface area contributed by atoms with E-state index in [1.54, 1.807) is 0 Å². The summed E-state index contributed by atoms with van der Waals surface area (Å²) in [5, 5.41) is 9.97. The molecule has 0 aromatic rings. The molecule has 0 radical (unpaired) electrons. The Kier molecular flexibility index (Phi) is 8.41. The maximum atomic E-state index is 9.97. The van der Waals surface area contributed by atoms with Crippen molar-refractivity contribution in [3.05, 3.63) is 0 Å². The lowest BCUT2D eigenvalue weighted by Crippen LogP contribution is -2.40. The zero-order valence-corrected chi connectivity index (χ0v) is 19.7. The Labute approximate surface area is 174 Å². The summed E-state index contributed by atoms with van der Waals surface area (Å²) < 4.78 is 12.7. The fraction of sp³-hybridized carbons (Fsp3) is 1.00. The van der Waals surface area contributed by atoms with Crippen LogP contribution in [0.1, 0.15) is 92.9 Å². The van der Waals surface area contributed by atoms with Crippen LogP contribution in [-0.4, -0.2) is 54.7 Å². The van der Waals surface area contributed by atoms with Crippen molar-refractivity contribution in [3.8, 4) is 0 Å². The Morgan fingerprint density at radius 3 is 2.36 bits per heavy atom. The molecule has 28 heavy (non-hydrogen) atoms. The predicted octanol–water partition coefficient (Wildman–Crippen LogP) is 5.23. The summed E-state index contributed by atoms with van der Waals surface area (Å²) in [5.41, 5.74) is 0.751.